The summed E-state index contributed by atoms with van der Waals surface area (Å²) in [6.07, 6.45) is 3.00. The van der Waals surface area contributed by atoms with Crippen LogP contribution in [0.3, 0.4) is 0 Å². The van der Waals surface area contributed by atoms with Crippen molar-refractivity contribution in [2.24, 2.45) is 0 Å². The highest BCUT2D eigenvalue weighted by Gasteiger charge is 2.27. The fourth-order valence-corrected chi connectivity index (χ4v) is 2.44. The average molecular weight is 286 g/mol. The molecule has 1 heterocycles. The van der Waals surface area contributed by atoms with Gasteiger partial charge >= 0.3 is 5.97 Å². The second kappa shape index (κ2) is 4.70. The van der Waals surface area contributed by atoms with E-state index < -0.39 is 17.2 Å². The van der Waals surface area contributed by atoms with Crippen molar-refractivity contribution in [1.82, 2.24) is 4.57 Å². The molecule has 1 aromatic carbocycles. The molecule has 6 heteroatoms. The van der Waals surface area contributed by atoms with Crippen molar-refractivity contribution in [3.05, 3.63) is 45.5 Å². The molecule has 1 N–H and O–H groups in total. The maximum Gasteiger partial charge on any atom is 0.341 e. The molecule has 0 unspecified atom stereocenters. The van der Waals surface area contributed by atoms with Crippen LogP contribution in [0.1, 0.15) is 34.8 Å². The number of aromatic nitrogens is 1. The summed E-state index contributed by atoms with van der Waals surface area (Å²) in [6.45, 7) is 0. The van der Waals surface area contributed by atoms with Crippen molar-refractivity contribution in [2.45, 2.75) is 25.3 Å². The van der Waals surface area contributed by atoms with E-state index in [1.807, 2.05) is 6.07 Å². The Hall–Kier alpha value is -2.68. The Balaban J connectivity index is 2.39. The summed E-state index contributed by atoms with van der Waals surface area (Å²) in [4.78, 5) is 23.3. The molecule has 0 atom stereocenters. The number of aromatic carboxylic acids is 1. The first-order valence-corrected chi connectivity index (χ1v) is 6.50. The van der Waals surface area contributed by atoms with Gasteiger partial charge in [-0.1, -0.05) is 0 Å². The Bertz CT molecular complexity index is 860. The molecular weight excluding hydrogens is 275 g/mol. The third-order valence-electron chi connectivity index (χ3n) is 3.64. The van der Waals surface area contributed by atoms with E-state index in [4.69, 9.17) is 10.4 Å². The molecule has 5 nitrogen and oxygen atoms in total. The zero-order chi connectivity index (χ0) is 15.1. The first-order chi connectivity index (χ1) is 10.0. The minimum absolute atomic E-state index is 0.0426. The highest BCUT2D eigenvalue weighted by Crippen LogP contribution is 2.37. The topological polar surface area (TPSA) is 83.1 Å². The molecular formula is C15H11FN2O3. The lowest BCUT2D eigenvalue weighted by atomic mass is 10.1. The van der Waals surface area contributed by atoms with Gasteiger partial charge in [-0.25, -0.2) is 9.18 Å². The average Bonchev–Trinajstić information content (AvgIpc) is 3.25. The van der Waals surface area contributed by atoms with Gasteiger partial charge in [0, 0.05) is 23.2 Å². The molecule has 0 spiro atoms. The van der Waals surface area contributed by atoms with Gasteiger partial charge in [0.15, 0.2) is 0 Å². The van der Waals surface area contributed by atoms with E-state index in [1.165, 1.54) is 12.3 Å². The number of benzene rings is 1. The van der Waals surface area contributed by atoms with Crippen LogP contribution in [0.4, 0.5) is 4.39 Å². The number of carbonyl (C=O) groups is 1. The second-order valence-electron chi connectivity index (χ2n) is 5.11. The van der Waals surface area contributed by atoms with E-state index >= 15 is 0 Å². The molecule has 21 heavy (non-hydrogen) atoms. The molecule has 0 saturated heterocycles. The number of hydrogen-bond donors (Lipinski definition) is 1. The summed E-state index contributed by atoms with van der Waals surface area (Å²) in [7, 11) is 0. The molecule has 1 saturated carbocycles. The number of nitriles is 1. The number of nitrogens with zero attached hydrogens (tertiary/aromatic N) is 2. The molecule has 1 fully saturated rings. The van der Waals surface area contributed by atoms with E-state index in [9.17, 15) is 14.0 Å². The Labute approximate surface area is 118 Å². The quantitative estimate of drug-likeness (QED) is 0.938. The standard InChI is InChI=1S/C15H11FN2O3/c16-12-6-10-13(5-8(12)3-4-17)18(9-1-2-9)7-11(14(10)19)15(20)21/h5-7,9H,1-3H2,(H,20,21). The monoisotopic (exact) mass is 286 g/mol. The van der Waals surface area contributed by atoms with Crippen LogP contribution in [-0.2, 0) is 6.42 Å². The van der Waals surface area contributed by atoms with Crippen LogP contribution in [-0.4, -0.2) is 15.6 Å². The van der Waals surface area contributed by atoms with Crippen LogP contribution in [0.5, 0.6) is 0 Å². The molecule has 106 valence electrons. The predicted octanol–water partition coefficient (Wildman–Crippen LogP) is 2.24. The third kappa shape index (κ3) is 2.17. The molecule has 3 rings (SSSR count). The summed E-state index contributed by atoms with van der Waals surface area (Å²) in [5.41, 5.74) is -0.361. The number of fused-ring (bicyclic) bond motifs is 1. The summed E-state index contributed by atoms with van der Waals surface area (Å²) < 4.78 is 15.6. The lowest BCUT2D eigenvalue weighted by Crippen LogP contribution is -2.19. The van der Waals surface area contributed by atoms with E-state index in [0.29, 0.717) is 5.52 Å². The van der Waals surface area contributed by atoms with Crippen LogP contribution in [0.2, 0.25) is 0 Å². The minimum atomic E-state index is -1.32. The summed E-state index contributed by atoms with van der Waals surface area (Å²) >= 11 is 0. The minimum Gasteiger partial charge on any atom is -0.477 e. The number of rotatable bonds is 3. The normalized spacial score (nSPS) is 14.1. The first-order valence-electron chi connectivity index (χ1n) is 6.50. The van der Waals surface area contributed by atoms with Crippen molar-refractivity contribution < 1.29 is 14.3 Å². The third-order valence-corrected chi connectivity index (χ3v) is 3.64. The zero-order valence-electron chi connectivity index (χ0n) is 11.0. The van der Waals surface area contributed by atoms with Crippen LogP contribution in [0.25, 0.3) is 10.9 Å². The number of carboxylic acid groups (broad SMARTS) is 1. The number of pyridine rings is 1. The summed E-state index contributed by atoms with van der Waals surface area (Å²) in [6, 6.07) is 4.52. The maximum absolute atomic E-state index is 13.9. The SMILES string of the molecule is N#CCc1cc2c(cc1F)c(=O)c(C(=O)O)cn2C1CC1. The van der Waals surface area contributed by atoms with Crippen molar-refractivity contribution in [2.75, 3.05) is 0 Å². The summed E-state index contributed by atoms with van der Waals surface area (Å²) in [5, 5.41) is 17.9. The second-order valence-corrected chi connectivity index (χ2v) is 5.11. The molecule has 0 radical (unpaired) electrons. The Morgan fingerprint density at radius 3 is 2.76 bits per heavy atom. The molecule has 0 aliphatic heterocycles. The van der Waals surface area contributed by atoms with Crippen molar-refractivity contribution in [1.29, 1.82) is 5.26 Å². The van der Waals surface area contributed by atoms with Crippen LogP contribution in [0, 0.1) is 17.1 Å². The molecule has 1 aromatic heterocycles. The Morgan fingerprint density at radius 1 is 1.48 bits per heavy atom. The van der Waals surface area contributed by atoms with Gasteiger partial charge in [0.25, 0.3) is 0 Å². The Morgan fingerprint density at radius 2 is 2.19 bits per heavy atom. The Kier molecular flexibility index (Phi) is 2.98. The number of carboxylic acids is 1. The number of halogens is 1. The van der Waals surface area contributed by atoms with Crippen molar-refractivity contribution in [3.63, 3.8) is 0 Å². The van der Waals surface area contributed by atoms with E-state index in [-0.39, 0.29) is 29.0 Å². The van der Waals surface area contributed by atoms with E-state index in [2.05, 4.69) is 0 Å². The molecule has 0 bridgehead atoms. The highest BCUT2D eigenvalue weighted by molar-refractivity contribution is 5.92. The first kappa shape index (κ1) is 13.3. The number of hydrogen-bond acceptors (Lipinski definition) is 3. The van der Waals surface area contributed by atoms with Gasteiger partial charge in [0.1, 0.15) is 11.4 Å². The van der Waals surface area contributed by atoms with Crippen molar-refractivity contribution in [3.8, 4) is 6.07 Å². The predicted molar refractivity (Wildman–Crippen MR) is 72.7 cm³/mol. The van der Waals surface area contributed by atoms with Crippen LogP contribution < -0.4 is 5.43 Å². The van der Waals surface area contributed by atoms with Crippen LogP contribution >= 0.6 is 0 Å². The van der Waals surface area contributed by atoms with Gasteiger partial charge < -0.3 is 9.67 Å². The smallest absolute Gasteiger partial charge is 0.341 e. The van der Waals surface area contributed by atoms with E-state index in [1.54, 1.807) is 4.57 Å². The van der Waals surface area contributed by atoms with Gasteiger partial charge in [-0.15, -0.1) is 0 Å². The van der Waals surface area contributed by atoms with Crippen molar-refractivity contribution >= 4 is 16.9 Å². The lowest BCUT2D eigenvalue weighted by molar-refractivity contribution is 0.0695. The molecule has 0 amide bonds. The van der Waals surface area contributed by atoms with Gasteiger partial charge in [0.05, 0.1) is 18.0 Å². The van der Waals surface area contributed by atoms with Crippen LogP contribution in [0.15, 0.2) is 23.1 Å². The molecule has 1 aliphatic rings. The van der Waals surface area contributed by atoms with Gasteiger partial charge in [-0.2, -0.15) is 5.26 Å². The van der Waals surface area contributed by atoms with Gasteiger partial charge in [0.2, 0.25) is 5.43 Å². The fraction of sp³-hybridized carbons (Fsp3) is 0.267. The lowest BCUT2D eigenvalue weighted by Gasteiger charge is -2.12. The maximum atomic E-state index is 13.9. The largest absolute Gasteiger partial charge is 0.477 e. The molecule has 2 aromatic rings. The summed E-state index contributed by atoms with van der Waals surface area (Å²) in [5.74, 6) is -1.98. The molecule has 1 aliphatic carbocycles. The van der Waals surface area contributed by atoms with Gasteiger partial charge in [-0.3, -0.25) is 4.79 Å². The fourth-order valence-electron chi connectivity index (χ4n) is 2.44. The zero-order valence-corrected chi connectivity index (χ0v) is 11.0. The highest BCUT2D eigenvalue weighted by atomic mass is 19.1. The van der Waals surface area contributed by atoms with E-state index in [0.717, 1.165) is 18.9 Å². The van der Waals surface area contributed by atoms with Gasteiger partial charge in [-0.05, 0) is 25.0 Å².